The summed E-state index contributed by atoms with van der Waals surface area (Å²) in [5.41, 5.74) is 1.52. The molecule has 22 heavy (non-hydrogen) atoms. The second-order valence-electron chi connectivity index (χ2n) is 4.17. The normalized spacial score (nSPS) is 9.73. The summed E-state index contributed by atoms with van der Waals surface area (Å²) in [5, 5.41) is 0. The van der Waals surface area contributed by atoms with Crippen LogP contribution in [0, 0.1) is 18.4 Å². The van der Waals surface area contributed by atoms with Gasteiger partial charge in [-0.1, -0.05) is 33.1 Å². The number of hydrogen-bond acceptors (Lipinski definition) is 2. The largest absolute Gasteiger partial charge is 0.481 e. The molecule has 1 heterocycles. The number of rotatable bonds is 4. The zero-order valence-electron chi connectivity index (χ0n) is 11.9. The van der Waals surface area contributed by atoms with E-state index in [9.17, 15) is 4.79 Å². The first-order valence-corrected chi connectivity index (χ1v) is 7.84. The number of terminal acetylenes is 1. The van der Waals surface area contributed by atoms with Gasteiger partial charge in [0.05, 0.1) is 0 Å². The summed E-state index contributed by atoms with van der Waals surface area (Å²) in [4.78, 5) is 12.1. The van der Waals surface area contributed by atoms with Gasteiger partial charge in [-0.25, -0.2) is 0 Å². The summed E-state index contributed by atoms with van der Waals surface area (Å²) in [6.07, 6.45) is 5.17. The summed E-state index contributed by atoms with van der Waals surface area (Å²) < 4.78 is 8.35. The van der Waals surface area contributed by atoms with Crippen molar-refractivity contribution in [3.05, 3.63) is 49.6 Å². The van der Waals surface area contributed by atoms with Crippen LogP contribution in [0.1, 0.15) is 6.92 Å². The molecule has 0 bridgehead atoms. The molecular weight excluding hydrogens is 487 g/mol. The van der Waals surface area contributed by atoms with Crippen LogP contribution >= 0.6 is 31.9 Å². The molecule has 0 N–H and O–H groups in total. The van der Waals surface area contributed by atoms with Gasteiger partial charge in [0, 0.05) is 39.3 Å². The number of ether oxygens (including phenoxy) is 1. The van der Waals surface area contributed by atoms with E-state index in [4.69, 9.17) is 11.2 Å². The Kier molecular flexibility index (Phi) is 8.06. The van der Waals surface area contributed by atoms with Crippen molar-refractivity contribution in [3.63, 3.8) is 0 Å². The molecule has 0 fully saturated rings. The predicted molar refractivity (Wildman–Crippen MR) is 90.4 cm³/mol. The minimum atomic E-state index is -0.0780. The molecule has 0 atom stereocenters. The maximum atomic E-state index is 12.1. The van der Waals surface area contributed by atoms with E-state index in [1.54, 1.807) is 10.6 Å². The van der Waals surface area contributed by atoms with Crippen molar-refractivity contribution >= 4 is 31.9 Å². The molecule has 0 spiro atoms. The molecule has 0 aliphatic heterocycles. The topological polar surface area (TPSA) is 31.2 Å². The average Bonchev–Trinajstić information content (AvgIpc) is 2.48. The minimum Gasteiger partial charge on any atom is -0.481 e. The van der Waals surface area contributed by atoms with Gasteiger partial charge in [0.15, 0.2) is 0 Å². The first-order valence-electron chi connectivity index (χ1n) is 6.25. The van der Waals surface area contributed by atoms with E-state index in [1.165, 1.54) is 0 Å². The van der Waals surface area contributed by atoms with Gasteiger partial charge in [-0.15, -0.1) is 28.4 Å². The summed E-state index contributed by atoms with van der Waals surface area (Å²) in [7, 11) is 0. The van der Waals surface area contributed by atoms with Crippen molar-refractivity contribution < 1.29 is 37.4 Å². The van der Waals surface area contributed by atoms with Crippen molar-refractivity contribution in [1.29, 1.82) is 0 Å². The fourth-order valence-corrected chi connectivity index (χ4v) is 2.80. The zero-order chi connectivity index (χ0) is 15.4. The van der Waals surface area contributed by atoms with Crippen LogP contribution in [0.25, 0.3) is 11.3 Å². The van der Waals surface area contributed by atoms with Crippen LogP contribution in [0.15, 0.2) is 38.0 Å². The van der Waals surface area contributed by atoms with Gasteiger partial charge in [0.2, 0.25) is 5.56 Å². The first kappa shape index (κ1) is 19.6. The van der Waals surface area contributed by atoms with Crippen LogP contribution in [-0.4, -0.2) is 11.2 Å². The number of hydrogen-bond donors (Lipinski definition) is 0. The van der Waals surface area contributed by atoms with Crippen LogP contribution in [0.2, 0.25) is 0 Å². The van der Waals surface area contributed by atoms with E-state index < -0.39 is 0 Å². The maximum Gasteiger partial charge on any atom is 0.208 e. The summed E-state index contributed by atoms with van der Waals surface area (Å²) >= 11 is 6.74. The Morgan fingerprint density at radius 1 is 1.36 bits per heavy atom. The molecule has 2 rings (SSSR count). The Balaban J connectivity index is 0.00000242. The molecule has 2 aromatic rings. The maximum absolute atomic E-state index is 12.1. The van der Waals surface area contributed by atoms with Crippen LogP contribution < -0.4 is 10.3 Å². The molecule has 0 aliphatic rings. The third-order valence-electron chi connectivity index (χ3n) is 2.89. The van der Waals surface area contributed by atoms with Gasteiger partial charge < -0.3 is 9.30 Å². The van der Waals surface area contributed by atoms with E-state index in [0.717, 1.165) is 15.7 Å². The Labute approximate surface area is 171 Å². The van der Waals surface area contributed by atoms with Crippen molar-refractivity contribution in [2.45, 2.75) is 13.5 Å². The summed E-state index contributed by atoms with van der Waals surface area (Å²) in [6, 6.07) is 10.3. The van der Waals surface area contributed by atoms with Crippen LogP contribution in [0.5, 0.6) is 5.75 Å². The third-order valence-corrected chi connectivity index (χ3v) is 4.11. The summed E-state index contributed by atoms with van der Waals surface area (Å²) in [5.74, 6) is 3.09. The molecule has 0 unspecified atom stereocenters. The Bertz CT molecular complexity index is 766. The molecule has 3 nitrogen and oxygen atoms in total. The molecule has 1 aromatic heterocycles. The fourth-order valence-electron chi connectivity index (χ4n) is 1.93. The predicted octanol–water partition coefficient (Wildman–Crippen LogP) is 3.87. The summed E-state index contributed by atoms with van der Waals surface area (Å²) in [6.45, 7) is 2.70. The number of benzene rings is 1. The van der Waals surface area contributed by atoms with Crippen molar-refractivity contribution in [2.24, 2.45) is 0 Å². The smallest absolute Gasteiger partial charge is 0.208 e. The van der Waals surface area contributed by atoms with Crippen molar-refractivity contribution in [2.75, 3.05) is 6.61 Å². The molecule has 0 saturated carbocycles. The zero-order valence-corrected chi connectivity index (χ0v) is 17.9. The van der Waals surface area contributed by atoms with Crippen LogP contribution in [0.4, 0.5) is 0 Å². The van der Waals surface area contributed by atoms with Gasteiger partial charge in [-0.05, 0) is 28.0 Å². The average molecular weight is 499 g/mol. The molecule has 1 radical (unpaired) electrons. The van der Waals surface area contributed by atoms with Crippen LogP contribution in [0.3, 0.4) is 0 Å². The van der Waals surface area contributed by atoms with Gasteiger partial charge >= 0.3 is 0 Å². The molecule has 1 aromatic carbocycles. The molecule has 111 valence electrons. The quantitative estimate of drug-likeness (QED) is 0.473. The van der Waals surface area contributed by atoms with Crippen molar-refractivity contribution in [1.82, 2.24) is 4.57 Å². The first-order chi connectivity index (χ1) is 10.1. The van der Waals surface area contributed by atoms with Gasteiger partial charge in [0.25, 0.3) is 0 Å². The Morgan fingerprint density at radius 2 is 2.09 bits per heavy atom. The fraction of sp³-hybridized carbons (Fsp3) is 0.188. The number of aromatic nitrogens is 1. The van der Waals surface area contributed by atoms with E-state index in [-0.39, 0.29) is 44.9 Å². The third kappa shape index (κ3) is 4.32. The van der Waals surface area contributed by atoms with Gasteiger partial charge in [-0.3, -0.25) is 4.79 Å². The van der Waals surface area contributed by atoms with Crippen LogP contribution in [-0.2, 0) is 39.3 Å². The minimum absolute atomic E-state index is 0. The number of halogens is 2. The molecular formula is C16H12Br2NO2Y-. The number of nitrogens with zero attached hydrogens (tertiary/aromatic N) is 1. The van der Waals surface area contributed by atoms with Gasteiger partial charge in [-0.2, -0.15) is 12.1 Å². The van der Waals surface area contributed by atoms with E-state index in [2.05, 4.69) is 43.8 Å². The SMILES string of the molecule is C#CCOc1ccc(-c2[c-]cc(Br)c(=O)n2CC)c(Br)c1.[Y]. The second kappa shape index (κ2) is 9.03. The standard InChI is InChI=1S/C16H12Br2NO2.Y/c1-3-9-21-11-5-6-12(14(18)10-11)15-8-7-13(17)16(20)19(15)4-2;/h1,5-7,10H,4,9H2,2H3;/q-1;. The second-order valence-corrected chi connectivity index (χ2v) is 5.88. The monoisotopic (exact) mass is 497 g/mol. The molecule has 0 amide bonds. The van der Waals surface area contributed by atoms with Gasteiger partial charge in [0.1, 0.15) is 12.4 Å². The molecule has 0 aliphatic carbocycles. The van der Waals surface area contributed by atoms with Crippen molar-refractivity contribution in [3.8, 4) is 29.4 Å². The molecule has 0 saturated heterocycles. The Morgan fingerprint density at radius 3 is 2.68 bits per heavy atom. The Hall–Kier alpha value is -0.406. The number of pyridine rings is 1. The van der Waals surface area contributed by atoms with E-state index in [1.807, 2.05) is 25.1 Å². The van der Waals surface area contributed by atoms with E-state index in [0.29, 0.717) is 16.8 Å². The van der Waals surface area contributed by atoms with E-state index >= 15 is 0 Å². The molecule has 6 heteroatoms.